The molecule has 0 fully saturated rings. The van der Waals surface area contributed by atoms with Gasteiger partial charge in [0.15, 0.2) is 11.5 Å². The van der Waals surface area contributed by atoms with E-state index in [-0.39, 0.29) is 5.91 Å². The molecule has 2 aromatic heterocycles. The van der Waals surface area contributed by atoms with Crippen LogP contribution in [0, 0.1) is 6.92 Å². The van der Waals surface area contributed by atoms with Crippen LogP contribution in [0.5, 0.6) is 5.75 Å². The third-order valence-electron chi connectivity index (χ3n) is 4.25. The van der Waals surface area contributed by atoms with Crippen LogP contribution in [0.1, 0.15) is 16.2 Å². The SMILES string of the molecule is COc1ccc(Br)c(C(=O)Nc2cccc(-c3ccc4nnc(C)n4n3)c2)c1. The van der Waals surface area contributed by atoms with Crippen molar-refractivity contribution < 1.29 is 9.53 Å². The van der Waals surface area contributed by atoms with Gasteiger partial charge in [-0.25, -0.2) is 0 Å². The van der Waals surface area contributed by atoms with Crippen LogP contribution in [0.15, 0.2) is 59.1 Å². The molecule has 140 valence electrons. The highest BCUT2D eigenvalue weighted by Crippen LogP contribution is 2.25. The molecule has 7 nitrogen and oxygen atoms in total. The van der Waals surface area contributed by atoms with Gasteiger partial charge in [0, 0.05) is 15.7 Å². The van der Waals surface area contributed by atoms with Crippen molar-refractivity contribution in [3.8, 4) is 17.0 Å². The Morgan fingerprint density at radius 1 is 1.11 bits per heavy atom. The molecule has 1 N–H and O–H groups in total. The minimum absolute atomic E-state index is 0.235. The number of anilines is 1. The number of ether oxygens (including phenoxy) is 1. The van der Waals surface area contributed by atoms with Crippen molar-refractivity contribution >= 4 is 33.2 Å². The first-order valence-corrected chi connectivity index (χ1v) is 9.29. The largest absolute Gasteiger partial charge is 0.497 e. The van der Waals surface area contributed by atoms with Gasteiger partial charge in [-0.05, 0) is 65.3 Å². The number of amides is 1. The van der Waals surface area contributed by atoms with E-state index in [0.717, 1.165) is 11.3 Å². The summed E-state index contributed by atoms with van der Waals surface area (Å²) in [6.45, 7) is 1.85. The highest BCUT2D eigenvalue weighted by molar-refractivity contribution is 9.10. The van der Waals surface area contributed by atoms with E-state index in [1.165, 1.54) is 0 Å². The molecule has 1 amide bonds. The normalized spacial score (nSPS) is 10.8. The number of aryl methyl sites for hydroxylation is 1. The van der Waals surface area contributed by atoms with Crippen molar-refractivity contribution in [2.45, 2.75) is 6.92 Å². The highest BCUT2D eigenvalue weighted by Gasteiger charge is 2.13. The van der Waals surface area contributed by atoms with E-state index in [1.54, 1.807) is 29.8 Å². The number of halogens is 1. The molecule has 0 aliphatic heterocycles. The molecule has 0 saturated carbocycles. The second-order valence-corrected chi connectivity index (χ2v) is 6.97. The Hall–Kier alpha value is -3.26. The number of carbonyl (C=O) groups is 1. The highest BCUT2D eigenvalue weighted by atomic mass is 79.9. The van der Waals surface area contributed by atoms with E-state index in [9.17, 15) is 4.79 Å². The zero-order valence-corrected chi connectivity index (χ0v) is 16.8. The van der Waals surface area contributed by atoms with Crippen molar-refractivity contribution in [2.75, 3.05) is 12.4 Å². The zero-order valence-electron chi connectivity index (χ0n) is 15.2. The summed E-state index contributed by atoms with van der Waals surface area (Å²) in [7, 11) is 1.57. The van der Waals surface area contributed by atoms with Gasteiger partial charge in [-0.2, -0.15) is 9.61 Å². The summed E-state index contributed by atoms with van der Waals surface area (Å²) < 4.78 is 7.58. The van der Waals surface area contributed by atoms with Gasteiger partial charge in [-0.3, -0.25) is 4.79 Å². The number of fused-ring (bicyclic) bond motifs is 1. The first kappa shape index (κ1) is 18.1. The van der Waals surface area contributed by atoms with E-state index in [2.05, 4.69) is 36.5 Å². The lowest BCUT2D eigenvalue weighted by molar-refractivity contribution is 0.102. The smallest absolute Gasteiger partial charge is 0.256 e. The molecule has 4 aromatic rings. The number of carbonyl (C=O) groups excluding carboxylic acids is 1. The molecule has 0 aliphatic rings. The van der Waals surface area contributed by atoms with E-state index in [1.807, 2.05) is 43.3 Å². The molecule has 0 saturated heterocycles. The molecule has 2 heterocycles. The fourth-order valence-corrected chi connectivity index (χ4v) is 3.24. The molecule has 8 heteroatoms. The number of methoxy groups -OCH3 is 1. The van der Waals surface area contributed by atoms with Gasteiger partial charge in [0.05, 0.1) is 18.4 Å². The zero-order chi connectivity index (χ0) is 19.7. The molecule has 4 rings (SSSR count). The van der Waals surface area contributed by atoms with Crippen LogP contribution >= 0.6 is 15.9 Å². The monoisotopic (exact) mass is 437 g/mol. The second kappa shape index (κ2) is 7.40. The number of nitrogens with zero attached hydrogens (tertiary/aromatic N) is 4. The predicted octanol–water partition coefficient (Wildman–Crippen LogP) is 4.12. The van der Waals surface area contributed by atoms with Crippen molar-refractivity contribution in [2.24, 2.45) is 0 Å². The Bertz CT molecular complexity index is 1190. The number of rotatable bonds is 4. The minimum Gasteiger partial charge on any atom is -0.497 e. The molecule has 0 radical (unpaired) electrons. The van der Waals surface area contributed by atoms with Gasteiger partial charge in [0.2, 0.25) is 0 Å². The maximum atomic E-state index is 12.7. The molecule has 28 heavy (non-hydrogen) atoms. The van der Waals surface area contributed by atoms with Crippen LogP contribution in [0.25, 0.3) is 16.9 Å². The maximum absolute atomic E-state index is 12.7. The summed E-state index contributed by atoms with van der Waals surface area (Å²) in [6.07, 6.45) is 0. The van der Waals surface area contributed by atoms with Crippen LogP contribution in [-0.2, 0) is 0 Å². The van der Waals surface area contributed by atoms with Crippen molar-refractivity contribution in [3.05, 3.63) is 70.5 Å². The van der Waals surface area contributed by atoms with E-state index in [0.29, 0.717) is 32.9 Å². The van der Waals surface area contributed by atoms with Gasteiger partial charge in [-0.1, -0.05) is 12.1 Å². The molecule has 0 bridgehead atoms. The third kappa shape index (κ3) is 3.46. The maximum Gasteiger partial charge on any atom is 0.256 e. The fraction of sp³-hybridized carbons (Fsp3) is 0.100. The lowest BCUT2D eigenvalue weighted by Crippen LogP contribution is -2.12. The minimum atomic E-state index is -0.235. The van der Waals surface area contributed by atoms with Crippen molar-refractivity contribution in [1.82, 2.24) is 19.8 Å². The molecule has 0 atom stereocenters. The number of hydrogen-bond acceptors (Lipinski definition) is 5. The van der Waals surface area contributed by atoms with E-state index in [4.69, 9.17) is 4.74 Å². The number of nitrogens with one attached hydrogen (secondary N) is 1. The molecular formula is C20H16BrN5O2. The Balaban J connectivity index is 1.63. The number of benzene rings is 2. The van der Waals surface area contributed by atoms with Gasteiger partial charge >= 0.3 is 0 Å². The Morgan fingerprint density at radius 2 is 1.96 bits per heavy atom. The lowest BCUT2D eigenvalue weighted by atomic mass is 10.1. The quantitative estimate of drug-likeness (QED) is 0.519. The first-order chi connectivity index (χ1) is 13.5. The Labute approximate surface area is 169 Å². The first-order valence-electron chi connectivity index (χ1n) is 8.49. The number of hydrogen-bond donors (Lipinski definition) is 1. The summed E-state index contributed by atoms with van der Waals surface area (Å²) in [6, 6.07) is 16.5. The lowest BCUT2D eigenvalue weighted by Gasteiger charge is -2.10. The third-order valence-corrected chi connectivity index (χ3v) is 4.94. The summed E-state index contributed by atoms with van der Waals surface area (Å²) in [5.41, 5.74) is 3.48. The van der Waals surface area contributed by atoms with Gasteiger partial charge in [-0.15, -0.1) is 10.2 Å². The van der Waals surface area contributed by atoms with E-state index < -0.39 is 0 Å². The van der Waals surface area contributed by atoms with Crippen LogP contribution < -0.4 is 10.1 Å². The summed E-state index contributed by atoms with van der Waals surface area (Å²) >= 11 is 3.41. The standard InChI is InChI=1S/C20H16BrN5O2/c1-12-23-24-19-9-8-18(25-26(12)19)13-4-3-5-14(10-13)22-20(27)16-11-15(28-2)6-7-17(16)21/h3-11H,1-2H3,(H,22,27). The summed E-state index contributed by atoms with van der Waals surface area (Å²) in [5, 5.41) is 15.6. The van der Waals surface area contributed by atoms with Crippen LogP contribution in [0.4, 0.5) is 5.69 Å². The fourth-order valence-electron chi connectivity index (χ4n) is 2.81. The van der Waals surface area contributed by atoms with Gasteiger partial charge in [0.1, 0.15) is 5.75 Å². The van der Waals surface area contributed by atoms with Gasteiger partial charge in [0.25, 0.3) is 5.91 Å². The van der Waals surface area contributed by atoms with Crippen LogP contribution in [0.2, 0.25) is 0 Å². The molecular weight excluding hydrogens is 422 g/mol. The van der Waals surface area contributed by atoms with Crippen LogP contribution in [0.3, 0.4) is 0 Å². The molecule has 2 aromatic carbocycles. The van der Waals surface area contributed by atoms with Gasteiger partial charge < -0.3 is 10.1 Å². The van der Waals surface area contributed by atoms with Crippen molar-refractivity contribution in [3.63, 3.8) is 0 Å². The number of aromatic nitrogens is 4. The predicted molar refractivity (Wildman–Crippen MR) is 110 cm³/mol. The van der Waals surface area contributed by atoms with Crippen molar-refractivity contribution in [1.29, 1.82) is 0 Å². The Morgan fingerprint density at radius 3 is 2.79 bits per heavy atom. The van der Waals surface area contributed by atoms with E-state index >= 15 is 0 Å². The van der Waals surface area contributed by atoms with Crippen LogP contribution in [-0.4, -0.2) is 32.8 Å². The molecule has 0 unspecified atom stereocenters. The second-order valence-electron chi connectivity index (χ2n) is 6.12. The Kier molecular flexibility index (Phi) is 4.79. The average Bonchev–Trinajstić information content (AvgIpc) is 3.09. The topological polar surface area (TPSA) is 81.4 Å². The summed E-state index contributed by atoms with van der Waals surface area (Å²) in [4.78, 5) is 12.7. The molecule has 0 aliphatic carbocycles. The average molecular weight is 438 g/mol. The summed E-state index contributed by atoms with van der Waals surface area (Å²) in [5.74, 6) is 1.09. The molecule has 0 spiro atoms.